The number of hydrogen-bond donors (Lipinski definition) is 0. The molecule has 96 valence electrons. The second kappa shape index (κ2) is 4.51. The van der Waals surface area contributed by atoms with Crippen LogP contribution in [-0.2, 0) is 21.4 Å². The zero-order valence-electron chi connectivity index (χ0n) is 9.98. The number of aromatic nitrogens is 4. The van der Waals surface area contributed by atoms with Gasteiger partial charge in [0.1, 0.15) is 6.04 Å². The zero-order chi connectivity index (χ0) is 13.3. The van der Waals surface area contributed by atoms with E-state index in [-0.39, 0.29) is 6.54 Å². The maximum atomic E-state index is 11.8. The molecule has 0 saturated carbocycles. The molecule has 3 amide bonds. The van der Waals surface area contributed by atoms with Crippen molar-refractivity contribution in [1.82, 2.24) is 30.0 Å². The molecule has 1 aliphatic heterocycles. The molecule has 0 aliphatic carbocycles. The Labute approximate surface area is 102 Å². The molecule has 0 N–H and O–H groups in total. The van der Waals surface area contributed by atoms with Crippen molar-refractivity contribution in [2.45, 2.75) is 13.0 Å². The van der Waals surface area contributed by atoms with Gasteiger partial charge >= 0.3 is 11.8 Å². The lowest BCUT2D eigenvalue weighted by Crippen LogP contribution is -2.55. The van der Waals surface area contributed by atoms with Gasteiger partial charge in [0.25, 0.3) is 0 Å². The molecule has 9 nitrogen and oxygen atoms in total. The summed E-state index contributed by atoms with van der Waals surface area (Å²) in [6.45, 7) is 2.16. The summed E-state index contributed by atoms with van der Waals surface area (Å²) in [6.07, 6.45) is 0.351. The Bertz CT molecular complexity index is 498. The van der Waals surface area contributed by atoms with Gasteiger partial charge in [0.15, 0.2) is 5.82 Å². The highest BCUT2D eigenvalue weighted by Gasteiger charge is 2.40. The number of piperazine rings is 1. The molecule has 0 aromatic carbocycles. The maximum Gasteiger partial charge on any atom is 0.318 e. The smallest absolute Gasteiger partial charge is 0.318 e. The van der Waals surface area contributed by atoms with Gasteiger partial charge in [-0.15, -0.1) is 5.10 Å². The highest BCUT2D eigenvalue weighted by atomic mass is 16.2. The first-order chi connectivity index (χ1) is 8.60. The molecular formula is C9H12N6O3. The molecule has 18 heavy (non-hydrogen) atoms. The highest BCUT2D eigenvalue weighted by Crippen LogP contribution is 2.23. The van der Waals surface area contributed by atoms with Crippen molar-refractivity contribution in [2.24, 2.45) is 7.05 Å². The van der Waals surface area contributed by atoms with Crippen LogP contribution in [0.15, 0.2) is 0 Å². The number of carbonyl (C=O) groups excluding carboxylic acids is 3. The van der Waals surface area contributed by atoms with E-state index in [0.717, 1.165) is 4.90 Å². The van der Waals surface area contributed by atoms with Gasteiger partial charge in [0.2, 0.25) is 6.41 Å². The van der Waals surface area contributed by atoms with Crippen LogP contribution in [0.25, 0.3) is 0 Å². The van der Waals surface area contributed by atoms with Crippen molar-refractivity contribution in [1.29, 1.82) is 0 Å². The van der Waals surface area contributed by atoms with Crippen molar-refractivity contribution in [3.8, 4) is 0 Å². The van der Waals surface area contributed by atoms with E-state index >= 15 is 0 Å². The molecule has 1 aromatic heterocycles. The van der Waals surface area contributed by atoms with E-state index in [1.807, 2.05) is 0 Å². The monoisotopic (exact) mass is 252 g/mol. The van der Waals surface area contributed by atoms with Crippen LogP contribution < -0.4 is 0 Å². The van der Waals surface area contributed by atoms with E-state index in [2.05, 4.69) is 15.5 Å². The number of likely N-dealkylation sites (N-methyl/N-ethyl adjacent to an activating group) is 1. The van der Waals surface area contributed by atoms with Crippen LogP contribution in [0.5, 0.6) is 0 Å². The minimum absolute atomic E-state index is 0.0656. The zero-order valence-corrected chi connectivity index (χ0v) is 9.98. The molecule has 1 aliphatic rings. The van der Waals surface area contributed by atoms with Gasteiger partial charge in [-0.1, -0.05) is 0 Å². The average molecular weight is 252 g/mol. The molecule has 1 saturated heterocycles. The molecule has 0 spiro atoms. The third-order valence-electron chi connectivity index (χ3n) is 2.87. The molecule has 0 bridgehead atoms. The van der Waals surface area contributed by atoms with Gasteiger partial charge in [-0.05, 0) is 17.4 Å². The molecule has 1 aromatic rings. The lowest BCUT2D eigenvalue weighted by atomic mass is 10.1. The minimum atomic E-state index is -0.821. The van der Waals surface area contributed by atoms with Crippen molar-refractivity contribution in [3.63, 3.8) is 0 Å². The molecule has 1 unspecified atom stereocenters. The summed E-state index contributed by atoms with van der Waals surface area (Å²) in [6, 6.07) is -0.509. The van der Waals surface area contributed by atoms with Gasteiger partial charge < -0.3 is 4.90 Å². The van der Waals surface area contributed by atoms with Gasteiger partial charge in [0.05, 0.1) is 6.54 Å². The van der Waals surface area contributed by atoms with Gasteiger partial charge in [-0.3, -0.25) is 19.3 Å². The third-order valence-corrected chi connectivity index (χ3v) is 2.87. The molecule has 0 radical (unpaired) electrons. The normalized spacial score (nSPS) is 20.4. The first-order valence-electron chi connectivity index (χ1n) is 5.39. The molecule has 1 atom stereocenters. The summed E-state index contributed by atoms with van der Waals surface area (Å²) in [4.78, 5) is 36.4. The number of rotatable bonds is 3. The standard InChI is InChI=1S/C9H12N6O3/c1-3-15-6(7-10-11-12-13(7)2)4-14(5-16)8(17)9(15)18/h5-6H,3-4H2,1-2H3. The number of hydrogen-bond acceptors (Lipinski definition) is 6. The average Bonchev–Trinajstić information content (AvgIpc) is 2.78. The Morgan fingerprint density at radius 2 is 2.11 bits per heavy atom. The van der Waals surface area contributed by atoms with Crippen LogP contribution in [0.2, 0.25) is 0 Å². The Morgan fingerprint density at radius 3 is 2.61 bits per heavy atom. The van der Waals surface area contributed by atoms with Crippen LogP contribution in [-0.4, -0.2) is 61.3 Å². The largest absolute Gasteiger partial charge is 0.323 e. The number of imide groups is 1. The Balaban J connectivity index is 2.39. The van der Waals surface area contributed by atoms with Crippen LogP contribution >= 0.6 is 0 Å². The minimum Gasteiger partial charge on any atom is -0.323 e. The predicted molar refractivity (Wildman–Crippen MR) is 56.7 cm³/mol. The number of aryl methyl sites for hydroxylation is 1. The summed E-state index contributed by atoms with van der Waals surface area (Å²) in [5, 5.41) is 11.0. The van der Waals surface area contributed by atoms with E-state index < -0.39 is 17.9 Å². The summed E-state index contributed by atoms with van der Waals surface area (Å²) >= 11 is 0. The molecule has 9 heteroatoms. The predicted octanol–water partition coefficient (Wildman–Crippen LogP) is -1.90. The van der Waals surface area contributed by atoms with Gasteiger partial charge in [-0.2, -0.15) is 0 Å². The van der Waals surface area contributed by atoms with Gasteiger partial charge in [-0.25, -0.2) is 4.68 Å². The number of carbonyl (C=O) groups is 3. The maximum absolute atomic E-state index is 11.8. The lowest BCUT2D eigenvalue weighted by molar-refractivity contribution is -0.161. The van der Waals surface area contributed by atoms with E-state index in [1.165, 1.54) is 9.58 Å². The Morgan fingerprint density at radius 1 is 1.39 bits per heavy atom. The molecule has 1 fully saturated rings. The highest BCUT2D eigenvalue weighted by molar-refractivity contribution is 6.37. The lowest BCUT2D eigenvalue weighted by Gasteiger charge is -2.36. The Kier molecular flexibility index (Phi) is 3.04. The fourth-order valence-electron chi connectivity index (χ4n) is 1.95. The Hall–Kier alpha value is -2.32. The van der Waals surface area contributed by atoms with Gasteiger partial charge in [0, 0.05) is 13.6 Å². The summed E-state index contributed by atoms with van der Waals surface area (Å²) in [5.74, 6) is -1.10. The number of amides is 3. The van der Waals surface area contributed by atoms with E-state index in [1.54, 1.807) is 14.0 Å². The summed E-state index contributed by atoms with van der Waals surface area (Å²) in [7, 11) is 1.63. The first kappa shape index (κ1) is 12.1. The molecule has 2 rings (SSSR count). The van der Waals surface area contributed by atoms with E-state index in [0.29, 0.717) is 18.8 Å². The second-order valence-corrected chi connectivity index (χ2v) is 3.83. The molecule has 2 heterocycles. The van der Waals surface area contributed by atoms with Crippen molar-refractivity contribution >= 4 is 18.2 Å². The summed E-state index contributed by atoms with van der Waals surface area (Å²) in [5.41, 5.74) is 0. The first-order valence-corrected chi connectivity index (χ1v) is 5.39. The van der Waals surface area contributed by atoms with Crippen LogP contribution in [0.3, 0.4) is 0 Å². The van der Waals surface area contributed by atoms with Crippen molar-refractivity contribution < 1.29 is 14.4 Å². The van der Waals surface area contributed by atoms with Crippen LogP contribution in [0.4, 0.5) is 0 Å². The number of nitrogens with zero attached hydrogens (tertiary/aromatic N) is 6. The summed E-state index contributed by atoms with van der Waals surface area (Å²) < 4.78 is 1.42. The van der Waals surface area contributed by atoms with E-state index in [9.17, 15) is 14.4 Å². The van der Waals surface area contributed by atoms with Crippen molar-refractivity contribution in [3.05, 3.63) is 5.82 Å². The van der Waals surface area contributed by atoms with Crippen molar-refractivity contribution in [2.75, 3.05) is 13.1 Å². The van der Waals surface area contributed by atoms with E-state index in [4.69, 9.17) is 0 Å². The third kappa shape index (κ3) is 1.73. The fraction of sp³-hybridized carbons (Fsp3) is 0.556. The molecular weight excluding hydrogens is 240 g/mol. The number of tetrazole rings is 1. The quantitative estimate of drug-likeness (QED) is 0.460. The second-order valence-electron chi connectivity index (χ2n) is 3.83. The SMILES string of the molecule is CCN1C(=O)C(=O)N(C=O)CC1c1nnnn1C. The van der Waals surface area contributed by atoms with Crippen LogP contribution in [0, 0.1) is 0 Å². The topological polar surface area (TPSA) is 101 Å². The van der Waals surface area contributed by atoms with Crippen LogP contribution in [0.1, 0.15) is 18.8 Å². The fourth-order valence-corrected chi connectivity index (χ4v) is 1.95.